The van der Waals surface area contributed by atoms with E-state index < -0.39 is 0 Å². The SMILES string of the molecule is O=C(NCCNc1nc(C2CC2)nc2ccccc12)c1ccc(F)cc1. The van der Waals surface area contributed by atoms with Crippen molar-refractivity contribution in [1.82, 2.24) is 15.3 Å². The lowest BCUT2D eigenvalue weighted by Crippen LogP contribution is -2.29. The maximum Gasteiger partial charge on any atom is 0.251 e. The highest BCUT2D eigenvalue weighted by Crippen LogP contribution is 2.39. The van der Waals surface area contributed by atoms with Gasteiger partial charge in [-0.25, -0.2) is 14.4 Å². The Kier molecular flexibility index (Phi) is 4.48. The van der Waals surface area contributed by atoms with Crippen molar-refractivity contribution in [1.29, 1.82) is 0 Å². The number of rotatable bonds is 6. The highest BCUT2D eigenvalue weighted by atomic mass is 19.1. The Morgan fingerprint density at radius 2 is 1.81 bits per heavy atom. The molecule has 0 spiro atoms. The zero-order chi connectivity index (χ0) is 17.9. The summed E-state index contributed by atoms with van der Waals surface area (Å²) in [6, 6.07) is 13.4. The molecule has 1 saturated carbocycles. The fraction of sp³-hybridized carbons (Fsp3) is 0.250. The number of benzene rings is 2. The fourth-order valence-electron chi connectivity index (χ4n) is 2.81. The minimum absolute atomic E-state index is 0.224. The van der Waals surface area contributed by atoms with Crippen LogP contribution in [0.15, 0.2) is 48.5 Å². The van der Waals surface area contributed by atoms with Crippen molar-refractivity contribution in [2.75, 3.05) is 18.4 Å². The van der Waals surface area contributed by atoms with Crippen molar-refractivity contribution in [3.8, 4) is 0 Å². The Morgan fingerprint density at radius 3 is 2.58 bits per heavy atom. The third-order valence-corrected chi connectivity index (χ3v) is 4.37. The molecule has 132 valence electrons. The van der Waals surface area contributed by atoms with Crippen LogP contribution in [0.1, 0.15) is 34.9 Å². The molecule has 0 radical (unpaired) electrons. The molecule has 0 bridgehead atoms. The number of nitrogens with zero attached hydrogens (tertiary/aromatic N) is 2. The molecular weight excluding hydrogens is 331 g/mol. The number of para-hydroxylation sites is 1. The maximum atomic E-state index is 12.9. The molecule has 0 aliphatic heterocycles. The van der Waals surface area contributed by atoms with Gasteiger partial charge in [0.15, 0.2) is 0 Å². The van der Waals surface area contributed by atoms with E-state index >= 15 is 0 Å². The smallest absolute Gasteiger partial charge is 0.251 e. The Hall–Kier alpha value is -3.02. The lowest BCUT2D eigenvalue weighted by Gasteiger charge is -2.11. The van der Waals surface area contributed by atoms with Crippen molar-refractivity contribution in [3.63, 3.8) is 0 Å². The summed E-state index contributed by atoms with van der Waals surface area (Å²) in [6.07, 6.45) is 2.29. The first-order valence-electron chi connectivity index (χ1n) is 8.75. The maximum absolute atomic E-state index is 12.9. The average molecular weight is 350 g/mol. The summed E-state index contributed by atoms with van der Waals surface area (Å²) in [5.41, 5.74) is 1.37. The van der Waals surface area contributed by atoms with E-state index in [-0.39, 0.29) is 11.7 Å². The molecule has 0 saturated heterocycles. The predicted molar refractivity (Wildman–Crippen MR) is 98.7 cm³/mol. The lowest BCUT2D eigenvalue weighted by atomic mass is 10.2. The van der Waals surface area contributed by atoms with Crippen LogP contribution in [0.3, 0.4) is 0 Å². The van der Waals surface area contributed by atoms with Gasteiger partial charge in [-0.15, -0.1) is 0 Å². The van der Waals surface area contributed by atoms with E-state index in [1.165, 1.54) is 24.3 Å². The van der Waals surface area contributed by atoms with Gasteiger partial charge in [-0.1, -0.05) is 12.1 Å². The van der Waals surface area contributed by atoms with Crippen molar-refractivity contribution < 1.29 is 9.18 Å². The largest absolute Gasteiger partial charge is 0.368 e. The molecule has 1 aliphatic carbocycles. The topological polar surface area (TPSA) is 66.9 Å². The van der Waals surface area contributed by atoms with E-state index in [2.05, 4.69) is 20.6 Å². The van der Waals surface area contributed by atoms with E-state index in [4.69, 9.17) is 0 Å². The van der Waals surface area contributed by atoms with Crippen LogP contribution in [0, 0.1) is 5.82 Å². The number of aromatic nitrogens is 2. The minimum Gasteiger partial charge on any atom is -0.368 e. The second-order valence-electron chi connectivity index (χ2n) is 6.41. The summed E-state index contributed by atoms with van der Waals surface area (Å²) in [5, 5.41) is 7.09. The number of hydrogen-bond donors (Lipinski definition) is 2. The molecule has 1 fully saturated rings. The Labute approximate surface area is 150 Å². The van der Waals surface area contributed by atoms with Crippen LogP contribution in [0.25, 0.3) is 10.9 Å². The fourth-order valence-corrected chi connectivity index (χ4v) is 2.81. The van der Waals surface area contributed by atoms with Crippen LogP contribution < -0.4 is 10.6 Å². The molecule has 1 amide bonds. The van der Waals surface area contributed by atoms with Gasteiger partial charge in [0.2, 0.25) is 0 Å². The van der Waals surface area contributed by atoms with Gasteiger partial charge in [-0.05, 0) is 49.2 Å². The molecule has 5 nitrogen and oxygen atoms in total. The highest BCUT2D eigenvalue weighted by Gasteiger charge is 2.27. The van der Waals surface area contributed by atoms with Gasteiger partial charge in [0.25, 0.3) is 5.91 Å². The van der Waals surface area contributed by atoms with Crippen LogP contribution in [-0.4, -0.2) is 29.0 Å². The van der Waals surface area contributed by atoms with Crippen molar-refractivity contribution in [3.05, 3.63) is 65.7 Å². The number of anilines is 1. The first-order chi connectivity index (χ1) is 12.7. The summed E-state index contributed by atoms with van der Waals surface area (Å²) in [4.78, 5) is 21.4. The zero-order valence-electron chi connectivity index (χ0n) is 14.2. The number of carbonyl (C=O) groups is 1. The second-order valence-corrected chi connectivity index (χ2v) is 6.41. The summed E-state index contributed by atoms with van der Waals surface area (Å²) in [7, 11) is 0. The molecule has 2 aromatic carbocycles. The Bertz CT molecular complexity index is 938. The van der Waals surface area contributed by atoms with E-state index in [1.54, 1.807) is 0 Å². The summed E-state index contributed by atoms with van der Waals surface area (Å²) < 4.78 is 12.9. The Balaban J connectivity index is 1.40. The Morgan fingerprint density at radius 1 is 1.04 bits per heavy atom. The highest BCUT2D eigenvalue weighted by molar-refractivity contribution is 5.94. The molecule has 1 heterocycles. The van der Waals surface area contributed by atoms with Gasteiger partial charge < -0.3 is 10.6 Å². The van der Waals surface area contributed by atoms with Gasteiger partial charge in [0.05, 0.1) is 5.52 Å². The molecule has 1 aliphatic rings. The van der Waals surface area contributed by atoms with E-state index in [0.29, 0.717) is 24.6 Å². The van der Waals surface area contributed by atoms with Gasteiger partial charge in [-0.2, -0.15) is 0 Å². The summed E-state index contributed by atoms with van der Waals surface area (Å²) in [6.45, 7) is 0.978. The van der Waals surface area contributed by atoms with Crippen molar-refractivity contribution in [2.45, 2.75) is 18.8 Å². The first-order valence-corrected chi connectivity index (χ1v) is 8.75. The van der Waals surface area contributed by atoms with Gasteiger partial charge in [0.1, 0.15) is 17.5 Å². The number of halogens is 1. The molecule has 3 aromatic rings. The zero-order valence-corrected chi connectivity index (χ0v) is 14.2. The third kappa shape index (κ3) is 3.64. The standard InChI is InChI=1S/C20H19FN4O/c21-15-9-7-14(8-10-15)20(26)23-12-11-22-19-16-3-1-2-4-17(16)24-18(25-19)13-5-6-13/h1-4,7-10,13H,5-6,11-12H2,(H,23,26)(H,22,24,25). The van der Waals surface area contributed by atoms with Crippen molar-refractivity contribution in [2.24, 2.45) is 0 Å². The summed E-state index contributed by atoms with van der Waals surface area (Å²) in [5.74, 6) is 1.58. The number of amides is 1. The quantitative estimate of drug-likeness (QED) is 0.668. The number of fused-ring (bicyclic) bond motifs is 1. The average Bonchev–Trinajstić information content (AvgIpc) is 3.50. The number of nitrogens with one attached hydrogen (secondary N) is 2. The second kappa shape index (κ2) is 7.07. The first kappa shape index (κ1) is 16.4. The van der Waals surface area contributed by atoms with E-state index in [1.807, 2.05) is 24.3 Å². The number of hydrogen-bond acceptors (Lipinski definition) is 4. The van der Waals surface area contributed by atoms with Crippen LogP contribution >= 0.6 is 0 Å². The van der Waals surface area contributed by atoms with Crippen LogP contribution in [0.5, 0.6) is 0 Å². The van der Waals surface area contributed by atoms with Crippen LogP contribution in [0.2, 0.25) is 0 Å². The molecule has 2 N–H and O–H groups in total. The molecule has 4 rings (SSSR count). The summed E-state index contributed by atoms with van der Waals surface area (Å²) >= 11 is 0. The van der Waals surface area contributed by atoms with Gasteiger partial charge >= 0.3 is 0 Å². The molecular formula is C20H19FN4O. The molecule has 6 heteroatoms. The number of carbonyl (C=O) groups excluding carboxylic acids is 1. The van der Waals surface area contributed by atoms with E-state index in [9.17, 15) is 9.18 Å². The minimum atomic E-state index is -0.356. The molecule has 0 unspecified atom stereocenters. The molecule has 0 atom stereocenters. The predicted octanol–water partition coefficient (Wildman–Crippen LogP) is 3.49. The van der Waals surface area contributed by atoms with E-state index in [0.717, 1.165) is 35.4 Å². The van der Waals surface area contributed by atoms with Gasteiger partial charge in [0, 0.05) is 30.0 Å². The normalized spacial score (nSPS) is 13.6. The monoisotopic (exact) mass is 350 g/mol. The van der Waals surface area contributed by atoms with Gasteiger partial charge in [-0.3, -0.25) is 4.79 Å². The van der Waals surface area contributed by atoms with Crippen molar-refractivity contribution >= 4 is 22.6 Å². The lowest BCUT2D eigenvalue weighted by molar-refractivity contribution is 0.0955. The van der Waals surface area contributed by atoms with Crippen LogP contribution in [0.4, 0.5) is 10.2 Å². The third-order valence-electron chi connectivity index (χ3n) is 4.37. The molecule has 1 aromatic heterocycles. The van der Waals surface area contributed by atoms with Crippen LogP contribution in [-0.2, 0) is 0 Å². The molecule has 26 heavy (non-hydrogen) atoms.